The van der Waals surface area contributed by atoms with Crippen molar-refractivity contribution >= 4 is 17.3 Å². The highest BCUT2D eigenvalue weighted by molar-refractivity contribution is 5.94. The molecule has 1 aliphatic heterocycles. The van der Waals surface area contributed by atoms with E-state index in [9.17, 15) is 4.79 Å². The van der Waals surface area contributed by atoms with Crippen molar-refractivity contribution in [2.24, 2.45) is 0 Å². The average molecular weight is 340 g/mol. The number of methoxy groups -OCH3 is 1. The van der Waals surface area contributed by atoms with Gasteiger partial charge < -0.3 is 19.7 Å². The molecule has 132 valence electrons. The van der Waals surface area contributed by atoms with Crippen LogP contribution in [0.1, 0.15) is 19.8 Å². The van der Waals surface area contributed by atoms with Gasteiger partial charge in [-0.25, -0.2) is 0 Å². The van der Waals surface area contributed by atoms with Gasteiger partial charge in [0.05, 0.1) is 7.11 Å². The van der Waals surface area contributed by atoms with E-state index in [1.165, 1.54) is 18.5 Å². The summed E-state index contributed by atoms with van der Waals surface area (Å²) in [5, 5.41) is 2.90. The fourth-order valence-corrected chi connectivity index (χ4v) is 2.89. The zero-order chi connectivity index (χ0) is 17.6. The van der Waals surface area contributed by atoms with Gasteiger partial charge in [0.15, 0.2) is 6.10 Å². The summed E-state index contributed by atoms with van der Waals surface area (Å²) in [6.45, 7) is 3.95. The molecule has 1 saturated heterocycles. The molecule has 0 bridgehead atoms. The predicted octanol–water partition coefficient (Wildman–Crippen LogP) is 3.70. The normalized spacial score (nSPS) is 14.9. The van der Waals surface area contributed by atoms with Gasteiger partial charge in [-0.1, -0.05) is 0 Å². The number of anilines is 2. The van der Waals surface area contributed by atoms with Crippen molar-refractivity contribution in [3.8, 4) is 11.5 Å². The molecular formula is C20H24N2O3. The number of amides is 1. The molecule has 1 N–H and O–H groups in total. The largest absolute Gasteiger partial charge is 0.497 e. The summed E-state index contributed by atoms with van der Waals surface area (Å²) < 4.78 is 10.8. The maximum absolute atomic E-state index is 12.3. The molecule has 1 atom stereocenters. The first-order valence-corrected chi connectivity index (χ1v) is 8.62. The number of nitrogens with one attached hydrogen (secondary N) is 1. The van der Waals surface area contributed by atoms with Crippen LogP contribution in [0.5, 0.6) is 11.5 Å². The van der Waals surface area contributed by atoms with E-state index in [1.54, 1.807) is 38.3 Å². The molecule has 5 nitrogen and oxygen atoms in total. The van der Waals surface area contributed by atoms with E-state index in [4.69, 9.17) is 9.47 Å². The van der Waals surface area contributed by atoms with Gasteiger partial charge in [0.1, 0.15) is 11.5 Å². The molecule has 5 heteroatoms. The standard InChI is InChI=1S/C20H24N2O3/c1-15(25-19-11-9-18(24-2)10-12-19)20(23)21-16-5-7-17(8-6-16)22-13-3-4-14-22/h5-12,15H,3-4,13-14H2,1-2H3,(H,21,23)/t15-/m0/s1. The Hall–Kier alpha value is -2.69. The van der Waals surface area contributed by atoms with Crippen LogP contribution in [0.15, 0.2) is 48.5 Å². The molecule has 0 aromatic heterocycles. The molecular weight excluding hydrogens is 316 g/mol. The third-order valence-corrected chi connectivity index (χ3v) is 4.35. The van der Waals surface area contributed by atoms with Gasteiger partial charge in [-0.15, -0.1) is 0 Å². The highest BCUT2D eigenvalue weighted by atomic mass is 16.5. The van der Waals surface area contributed by atoms with Crippen molar-refractivity contribution in [1.82, 2.24) is 0 Å². The molecule has 0 radical (unpaired) electrons. The molecule has 1 heterocycles. The Bertz CT molecular complexity index is 692. The zero-order valence-electron chi connectivity index (χ0n) is 14.7. The number of nitrogens with zero attached hydrogens (tertiary/aromatic N) is 1. The lowest BCUT2D eigenvalue weighted by Gasteiger charge is -2.18. The summed E-state index contributed by atoms with van der Waals surface area (Å²) >= 11 is 0. The Morgan fingerprint density at radius 3 is 2.20 bits per heavy atom. The fourth-order valence-electron chi connectivity index (χ4n) is 2.89. The first kappa shape index (κ1) is 17.1. The van der Waals surface area contributed by atoms with Crippen molar-refractivity contribution < 1.29 is 14.3 Å². The summed E-state index contributed by atoms with van der Waals surface area (Å²) in [4.78, 5) is 14.7. The lowest BCUT2D eigenvalue weighted by molar-refractivity contribution is -0.122. The third-order valence-electron chi connectivity index (χ3n) is 4.35. The third kappa shape index (κ3) is 4.44. The molecule has 0 saturated carbocycles. The maximum Gasteiger partial charge on any atom is 0.265 e. The van der Waals surface area contributed by atoms with Crippen LogP contribution in [0.3, 0.4) is 0 Å². The maximum atomic E-state index is 12.3. The van der Waals surface area contributed by atoms with E-state index >= 15 is 0 Å². The first-order chi connectivity index (χ1) is 12.2. The molecule has 1 aliphatic rings. The Balaban J connectivity index is 1.55. The van der Waals surface area contributed by atoms with Gasteiger partial charge in [0.25, 0.3) is 5.91 Å². The van der Waals surface area contributed by atoms with E-state index in [0.29, 0.717) is 5.75 Å². The Kier molecular flexibility index (Phi) is 5.43. The van der Waals surface area contributed by atoms with Crippen molar-refractivity contribution in [2.45, 2.75) is 25.9 Å². The van der Waals surface area contributed by atoms with E-state index in [-0.39, 0.29) is 5.91 Å². The molecule has 25 heavy (non-hydrogen) atoms. The Morgan fingerprint density at radius 1 is 1.00 bits per heavy atom. The van der Waals surface area contributed by atoms with E-state index in [0.717, 1.165) is 24.5 Å². The second-order valence-electron chi connectivity index (χ2n) is 6.17. The van der Waals surface area contributed by atoms with Crippen molar-refractivity contribution in [2.75, 3.05) is 30.4 Å². The lowest BCUT2D eigenvalue weighted by Crippen LogP contribution is -2.30. The number of benzene rings is 2. The first-order valence-electron chi connectivity index (χ1n) is 8.62. The number of carbonyl (C=O) groups is 1. The van der Waals surface area contributed by atoms with Crippen LogP contribution in [0.2, 0.25) is 0 Å². The fraction of sp³-hybridized carbons (Fsp3) is 0.350. The lowest BCUT2D eigenvalue weighted by atomic mass is 10.2. The number of hydrogen-bond acceptors (Lipinski definition) is 4. The smallest absolute Gasteiger partial charge is 0.265 e. The molecule has 3 rings (SSSR count). The molecule has 1 fully saturated rings. The second kappa shape index (κ2) is 7.92. The zero-order valence-corrected chi connectivity index (χ0v) is 14.7. The van der Waals surface area contributed by atoms with Crippen LogP contribution in [0.4, 0.5) is 11.4 Å². The summed E-state index contributed by atoms with van der Waals surface area (Å²) in [7, 11) is 1.61. The molecule has 0 aliphatic carbocycles. The summed E-state index contributed by atoms with van der Waals surface area (Å²) in [5.74, 6) is 1.21. The van der Waals surface area contributed by atoms with Gasteiger partial charge in [0, 0.05) is 24.5 Å². The van der Waals surface area contributed by atoms with Gasteiger partial charge in [0.2, 0.25) is 0 Å². The summed E-state index contributed by atoms with van der Waals surface area (Å²) in [5.41, 5.74) is 1.98. The molecule has 1 amide bonds. The Morgan fingerprint density at radius 2 is 1.60 bits per heavy atom. The molecule has 0 unspecified atom stereocenters. The van der Waals surface area contributed by atoms with Gasteiger partial charge in [-0.2, -0.15) is 0 Å². The second-order valence-corrected chi connectivity index (χ2v) is 6.17. The SMILES string of the molecule is COc1ccc(O[C@@H](C)C(=O)Nc2ccc(N3CCCC3)cc2)cc1. The van der Waals surface area contributed by atoms with Gasteiger partial charge >= 0.3 is 0 Å². The quantitative estimate of drug-likeness (QED) is 0.871. The minimum atomic E-state index is -0.591. The molecule has 2 aromatic carbocycles. The molecule has 2 aromatic rings. The molecule has 0 spiro atoms. The van der Waals surface area contributed by atoms with Crippen LogP contribution < -0.4 is 19.7 Å². The van der Waals surface area contributed by atoms with Crippen molar-refractivity contribution in [1.29, 1.82) is 0 Å². The highest BCUT2D eigenvalue weighted by Crippen LogP contribution is 2.22. The van der Waals surface area contributed by atoms with Crippen LogP contribution in [-0.2, 0) is 4.79 Å². The van der Waals surface area contributed by atoms with Gasteiger partial charge in [-0.05, 0) is 68.3 Å². The number of carbonyl (C=O) groups excluding carboxylic acids is 1. The topological polar surface area (TPSA) is 50.8 Å². The monoisotopic (exact) mass is 340 g/mol. The minimum absolute atomic E-state index is 0.176. The van der Waals surface area contributed by atoms with E-state index in [2.05, 4.69) is 22.3 Å². The minimum Gasteiger partial charge on any atom is -0.497 e. The average Bonchev–Trinajstić information content (AvgIpc) is 3.17. The number of ether oxygens (including phenoxy) is 2. The predicted molar refractivity (Wildman–Crippen MR) is 99.6 cm³/mol. The van der Waals surface area contributed by atoms with Crippen molar-refractivity contribution in [3.63, 3.8) is 0 Å². The van der Waals surface area contributed by atoms with Gasteiger partial charge in [-0.3, -0.25) is 4.79 Å². The van der Waals surface area contributed by atoms with E-state index < -0.39 is 6.10 Å². The van der Waals surface area contributed by atoms with E-state index in [1.807, 2.05) is 12.1 Å². The van der Waals surface area contributed by atoms with Crippen molar-refractivity contribution in [3.05, 3.63) is 48.5 Å². The van der Waals surface area contributed by atoms with Crippen LogP contribution in [-0.4, -0.2) is 32.2 Å². The number of hydrogen-bond donors (Lipinski definition) is 1. The summed E-state index contributed by atoms with van der Waals surface area (Å²) in [6, 6.07) is 15.2. The number of rotatable bonds is 6. The Labute approximate surface area is 148 Å². The summed E-state index contributed by atoms with van der Waals surface area (Å²) in [6.07, 6.45) is 1.91. The highest BCUT2D eigenvalue weighted by Gasteiger charge is 2.16. The van der Waals surface area contributed by atoms with Crippen LogP contribution in [0, 0.1) is 0 Å². The van der Waals surface area contributed by atoms with Crippen LogP contribution >= 0.6 is 0 Å². The van der Waals surface area contributed by atoms with Crippen LogP contribution in [0.25, 0.3) is 0 Å².